The molecule has 2 N–H and O–H groups in total. The van der Waals surface area contributed by atoms with Crippen LogP contribution in [-0.2, 0) is 0 Å². The van der Waals surface area contributed by atoms with Crippen molar-refractivity contribution in [3.8, 4) is 5.75 Å². The van der Waals surface area contributed by atoms with Gasteiger partial charge in [-0.15, -0.1) is 0 Å². The monoisotopic (exact) mass is 334 g/mol. The molecule has 25 heavy (non-hydrogen) atoms. The third-order valence-corrected chi connectivity index (χ3v) is 4.59. The Morgan fingerprint density at radius 2 is 1.88 bits per heavy atom. The maximum absolute atomic E-state index is 6.12. The highest BCUT2D eigenvalue weighted by molar-refractivity contribution is 5.51. The lowest BCUT2D eigenvalue weighted by atomic mass is 10.1. The Morgan fingerprint density at radius 3 is 2.64 bits per heavy atom. The first-order chi connectivity index (χ1) is 12.4. The van der Waals surface area contributed by atoms with Gasteiger partial charge in [0.05, 0.1) is 6.10 Å². The summed E-state index contributed by atoms with van der Waals surface area (Å²) < 4.78 is 6.12. The number of aromatic amines is 1. The summed E-state index contributed by atoms with van der Waals surface area (Å²) in [7, 11) is 0. The smallest absolute Gasteiger partial charge is 0.151 e. The number of ether oxygens (including phenoxy) is 1. The van der Waals surface area contributed by atoms with Crippen LogP contribution < -0.4 is 10.1 Å². The second-order valence-corrected chi connectivity index (χ2v) is 6.41. The fourth-order valence-electron chi connectivity index (χ4n) is 3.33. The third-order valence-electron chi connectivity index (χ3n) is 4.59. The molecule has 0 aliphatic heterocycles. The van der Waals surface area contributed by atoms with E-state index in [-0.39, 0.29) is 6.04 Å². The van der Waals surface area contributed by atoms with Crippen molar-refractivity contribution in [2.75, 3.05) is 5.32 Å². The Morgan fingerprint density at radius 1 is 1.04 bits per heavy atom. The number of nitrogens with zero attached hydrogens (tertiary/aromatic N) is 2. The minimum absolute atomic E-state index is 0.0922. The van der Waals surface area contributed by atoms with Crippen LogP contribution >= 0.6 is 0 Å². The molecule has 1 unspecified atom stereocenters. The molecule has 0 amide bonds. The van der Waals surface area contributed by atoms with E-state index >= 15 is 0 Å². The molecule has 1 heterocycles. The van der Waals surface area contributed by atoms with E-state index in [4.69, 9.17) is 4.74 Å². The Labute approximate surface area is 147 Å². The molecule has 4 rings (SSSR count). The van der Waals surface area contributed by atoms with Crippen LogP contribution in [0.1, 0.15) is 43.1 Å². The van der Waals surface area contributed by atoms with Gasteiger partial charge in [-0.2, -0.15) is 5.10 Å². The molecule has 1 aliphatic rings. The van der Waals surface area contributed by atoms with Crippen molar-refractivity contribution in [2.45, 2.75) is 37.8 Å². The number of nitrogens with one attached hydrogen (secondary N) is 2. The first-order valence-corrected chi connectivity index (χ1v) is 8.82. The number of hydrogen-bond donors (Lipinski definition) is 2. The maximum Gasteiger partial charge on any atom is 0.151 e. The number of H-pyrrole nitrogens is 1. The fraction of sp³-hybridized carbons (Fsp3) is 0.300. The van der Waals surface area contributed by atoms with Crippen molar-refractivity contribution in [1.82, 2.24) is 15.2 Å². The molecule has 1 aliphatic carbocycles. The highest BCUT2D eigenvalue weighted by Crippen LogP contribution is 2.28. The second kappa shape index (κ2) is 7.38. The standard InChI is InChI=1S/C20H22N4O/c1-2-7-15(8-3-1)19(20-21-14-22-24-20)23-16-9-6-12-18(13-16)25-17-10-4-5-11-17/h1-3,6-9,12-14,17,19,23H,4-5,10-11H2,(H,21,22,24). The van der Waals surface area contributed by atoms with E-state index in [2.05, 4.69) is 38.7 Å². The van der Waals surface area contributed by atoms with Crippen LogP contribution in [-0.4, -0.2) is 21.3 Å². The van der Waals surface area contributed by atoms with E-state index in [9.17, 15) is 0 Å². The van der Waals surface area contributed by atoms with Crippen LogP contribution in [0.5, 0.6) is 5.75 Å². The quantitative estimate of drug-likeness (QED) is 0.704. The lowest BCUT2D eigenvalue weighted by Crippen LogP contribution is -2.14. The van der Waals surface area contributed by atoms with Gasteiger partial charge in [-0.3, -0.25) is 5.10 Å². The van der Waals surface area contributed by atoms with Crippen LogP contribution in [0.15, 0.2) is 60.9 Å². The van der Waals surface area contributed by atoms with Gasteiger partial charge in [0.1, 0.15) is 18.1 Å². The molecule has 0 saturated heterocycles. The predicted molar refractivity (Wildman–Crippen MR) is 97.6 cm³/mol. The van der Waals surface area contributed by atoms with Gasteiger partial charge in [-0.25, -0.2) is 4.98 Å². The van der Waals surface area contributed by atoms with Crippen LogP contribution in [0.4, 0.5) is 5.69 Å². The van der Waals surface area contributed by atoms with E-state index in [1.54, 1.807) is 0 Å². The van der Waals surface area contributed by atoms with Gasteiger partial charge in [-0.05, 0) is 43.4 Å². The summed E-state index contributed by atoms with van der Waals surface area (Å²) in [5.74, 6) is 1.70. The summed E-state index contributed by atoms with van der Waals surface area (Å²) in [6.45, 7) is 0. The van der Waals surface area contributed by atoms with Gasteiger partial charge in [0, 0.05) is 11.8 Å². The van der Waals surface area contributed by atoms with Crippen LogP contribution in [0.25, 0.3) is 0 Å². The van der Waals surface area contributed by atoms with Gasteiger partial charge in [0.15, 0.2) is 5.82 Å². The zero-order chi connectivity index (χ0) is 16.9. The van der Waals surface area contributed by atoms with Crippen molar-refractivity contribution in [3.05, 3.63) is 72.3 Å². The van der Waals surface area contributed by atoms with Crippen LogP contribution in [0, 0.1) is 0 Å². The van der Waals surface area contributed by atoms with Crippen LogP contribution in [0.2, 0.25) is 0 Å². The highest BCUT2D eigenvalue weighted by atomic mass is 16.5. The van der Waals surface area contributed by atoms with Gasteiger partial charge in [0.2, 0.25) is 0 Å². The SMILES string of the molecule is c1ccc(C(Nc2cccc(OC3CCCC3)c2)c2ncn[nH]2)cc1. The average molecular weight is 334 g/mol. The van der Waals surface area contributed by atoms with Gasteiger partial charge < -0.3 is 10.1 Å². The third kappa shape index (κ3) is 3.82. The van der Waals surface area contributed by atoms with Crippen molar-refractivity contribution >= 4 is 5.69 Å². The molecular formula is C20H22N4O. The minimum atomic E-state index is -0.0922. The maximum atomic E-state index is 6.12. The molecule has 0 bridgehead atoms. The highest BCUT2D eigenvalue weighted by Gasteiger charge is 2.18. The molecular weight excluding hydrogens is 312 g/mol. The summed E-state index contributed by atoms with van der Waals surface area (Å²) in [6.07, 6.45) is 6.74. The lowest BCUT2D eigenvalue weighted by molar-refractivity contribution is 0.210. The molecule has 5 heteroatoms. The fourth-order valence-corrected chi connectivity index (χ4v) is 3.33. The normalized spacial score (nSPS) is 15.8. The zero-order valence-electron chi connectivity index (χ0n) is 14.1. The molecule has 1 aromatic heterocycles. The molecule has 3 aromatic rings. The molecule has 1 atom stereocenters. The Hall–Kier alpha value is -2.82. The largest absolute Gasteiger partial charge is 0.490 e. The predicted octanol–water partition coefficient (Wildman–Crippen LogP) is 4.33. The van der Waals surface area contributed by atoms with Crippen molar-refractivity contribution in [1.29, 1.82) is 0 Å². The van der Waals surface area contributed by atoms with Gasteiger partial charge in [0.25, 0.3) is 0 Å². The van der Waals surface area contributed by atoms with Gasteiger partial charge >= 0.3 is 0 Å². The van der Waals surface area contributed by atoms with Crippen molar-refractivity contribution < 1.29 is 4.74 Å². The molecule has 2 aromatic carbocycles. The molecule has 1 fully saturated rings. The lowest BCUT2D eigenvalue weighted by Gasteiger charge is -2.19. The van der Waals surface area contributed by atoms with E-state index < -0.39 is 0 Å². The Kier molecular flexibility index (Phi) is 4.63. The zero-order valence-corrected chi connectivity index (χ0v) is 14.1. The molecule has 0 radical (unpaired) electrons. The average Bonchev–Trinajstić information content (AvgIpc) is 3.35. The number of rotatable bonds is 6. The van der Waals surface area contributed by atoms with E-state index in [0.29, 0.717) is 6.10 Å². The van der Waals surface area contributed by atoms with Crippen LogP contribution in [0.3, 0.4) is 0 Å². The number of benzene rings is 2. The summed E-state index contributed by atoms with van der Waals surface area (Å²) in [4.78, 5) is 4.33. The first-order valence-electron chi connectivity index (χ1n) is 8.82. The second-order valence-electron chi connectivity index (χ2n) is 6.41. The summed E-state index contributed by atoms with van der Waals surface area (Å²) in [5.41, 5.74) is 2.13. The molecule has 5 nitrogen and oxygen atoms in total. The van der Waals surface area contributed by atoms with E-state index in [1.807, 2.05) is 36.4 Å². The van der Waals surface area contributed by atoms with Crippen molar-refractivity contribution in [3.63, 3.8) is 0 Å². The first kappa shape index (κ1) is 15.7. The molecule has 128 valence electrons. The number of aromatic nitrogens is 3. The summed E-state index contributed by atoms with van der Waals surface area (Å²) in [6, 6.07) is 18.3. The van der Waals surface area contributed by atoms with E-state index in [0.717, 1.165) is 35.7 Å². The van der Waals surface area contributed by atoms with E-state index in [1.165, 1.54) is 19.2 Å². The van der Waals surface area contributed by atoms with Crippen molar-refractivity contribution in [2.24, 2.45) is 0 Å². The number of anilines is 1. The summed E-state index contributed by atoms with van der Waals surface area (Å²) >= 11 is 0. The molecule has 1 saturated carbocycles. The Bertz CT molecular complexity index is 782. The minimum Gasteiger partial charge on any atom is -0.490 e. The van der Waals surface area contributed by atoms with Gasteiger partial charge in [-0.1, -0.05) is 36.4 Å². The summed E-state index contributed by atoms with van der Waals surface area (Å²) in [5, 5.41) is 10.5. The number of hydrogen-bond acceptors (Lipinski definition) is 4. The molecule has 0 spiro atoms. The topological polar surface area (TPSA) is 62.8 Å². The Balaban J connectivity index is 1.55.